The normalized spacial score (nSPS) is 31.8. The molecule has 0 aromatic rings. The summed E-state index contributed by atoms with van der Waals surface area (Å²) in [6, 6.07) is 0. The summed E-state index contributed by atoms with van der Waals surface area (Å²) in [5, 5.41) is 5.68. The molecule has 0 radical (unpaired) electrons. The van der Waals surface area contributed by atoms with E-state index >= 15 is 0 Å². The van der Waals surface area contributed by atoms with Gasteiger partial charge in [0.25, 0.3) is 0 Å². The molecular formula is C12H20N2O4S6Zn. The first-order valence-electron chi connectivity index (χ1n) is 7.05. The number of rotatable bonds is 2. The van der Waals surface area contributed by atoms with Gasteiger partial charge in [0.05, 0.1) is 23.0 Å². The van der Waals surface area contributed by atoms with Gasteiger partial charge in [-0.2, -0.15) is 0 Å². The van der Waals surface area contributed by atoms with E-state index in [1.54, 1.807) is 0 Å². The Kier molecular flexibility index (Phi) is 9.57. The smallest absolute Gasteiger partial charge is 0.412 e. The summed E-state index contributed by atoms with van der Waals surface area (Å²) in [4.78, 5) is 0. The average molecular weight is 514 g/mol. The molecule has 13 heteroatoms. The molecule has 140 valence electrons. The average Bonchev–Trinajstić information content (AvgIpc) is 2.73. The van der Waals surface area contributed by atoms with Crippen LogP contribution in [0.3, 0.4) is 0 Å². The molecule has 2 fully saturated rings. The number of sulfone groups is 2. The summed E-state index contributed by atoms with van der Waals surface area (Å²) in [6.07, 6.45) is 1.18. The number of hydrogen-bond donors (Lipinski definition) is 2. The maximum Gasteiger partial charge on any atom is 2.00 e. The molecule has 0 aromatic carbocycles. The Morgan fingerprint density at radius 1 is 0.840 bits per heavy atom. The van der Waals surface area contributed by atoms with E-state index in [1.165, 1.54) is 0 Å². The SMILES string of the molecule is CC1(NC(=S)[S-])CCS(=O)(=O)C1.CC1(NC(=S)[S-])CCS(=O)(=O)C1.[Zn+2]. The second kappa shape index (κ2) is 9.29. The van der Waals surface area contributed by atoms with Gasteiger partial charge in [-0.3, -0.25) is 0 Å². The molecule has 0 aromatic heterocycles. The van der Waals surface area contributed by atoms with E-state index in [-0.39, 0.29) is 51.1 Å². The van der Waals surface area contributed by atoms with Crippen LogP contribution in [0.5, 0.6) is 0 Å². The van der Waals surface area contributed by atoms with Crippen LogP contribution in [0.25, 0.3) is 0 Å². The van der Waals surface area contributed by atoms with Gasteiger partial charge in [0.15, 0.2) is 19.7 Å². The van der Waals surface area contributed by atoms with Crippen molar-refractivity contribution in [1.29, 1.82) is 0 Å². The summed E-state index contributed by atoms with van der Waals surface area (Å²) in [5.74, 6) is 0.733. The van der Waals surface area contributed by atoms with Crippen molar-refractivity contribution < 1.29 is 36.3 Å². The zero-order valence-electron chi connectivity index (χ0n) is 14.0. The van der Waals surface area contributed by atoms with Crippen molar-refractivity contribution >= 4 is 78.0 Å². The minimum absolute atomic E-state index is 0. The fourth-order valence-corrected chi connectivity index (χ4v) is 7.88. The van der Waals surface area contributed by atoms with Crippen LogP contribution in [0.4, 0.5) is 0 Å². The maximum atomic E-state index is 11.1. The Hall–Kier alpha value is 0.743. The molecule has 0 aliphatic carbocycles. The fourth-order valence-electron chi connectivity index (χ4n) is 2.71. The molecule has 2 aliphatic heterocycles. The van der Waals surface area contributed by atoms with Gasteiger partial charge in [0.2, 0.25) is 0 Å². The van der Waals surface area contributed by atoms with Crippen LogP contribution in [-0.4, -0.2) is 59.6 Å². The van der Waals surface area contributed by atoms with Crippen molar-refractivity contribution in [2.24, 2.45) is 0 Å². The number of nitrogens with one attached hydrogen (secondary N) is 2. The second-order valence-electron chi connectivity index (χ2n) is 6.63. The van der Waals surface area contributed by atoms with E-state index in [0.29, 0.717) is 12.8 Å². The third-order valence-electron chi connectivity index (χ3n) is 3.81. The third kappa shape index (κ3) is 9.48. The third-order valence-corrected chi connectivity index (χ3v) is 8.03. The Bertz CT molecular complexity index is 664. The molecule has 0 saturated carbocycles. The Morgan fingerprint density at radius 2 is 1.12 bits per heavy atom. The second-order valence-corrected chi connectivity index (χ2v) is 13.1. The molecule has 2 N–H and O–H groups in total. The minimum Gasteiger partial charge on any atom is -0.412 e. The molecule has 2 heterocycles. The van der Waals surface area contributed by atoms with Gasteiger partial charge in [-0.1, -0.05) is 8.64 Å². The maximum absolute atomic E-state index is 11.1. The first-order valence-corrected chi connectivity index (χ1v) is 12.3. The van der Waals surface area contributed by atoms with Crippen molar-refractivity contribution in [2.45, 2.75) is 37.8 Å². The van der Waals surface area contributed by atoms with E-state index in [0.717, 1.165) is 0 Å². The zero-order valence-corrected chi connectivity index (χ0v) is 21.9. The van der Waals surface area contributed by atoms with Crippen molar-refractivity contribution in [3.63, 3.8) is 0 Å². The predicted octanol–water partition coefficient (Wildman–Crippen LogP) is -0.0325. The van der Waals surface area contributed by atoms with Crippen LogP contribution in [0, 0.1) is 0 Å². The van der Waals surface area contributed by atoms with E-state index in [9.17, 15) is 16.8 Å². The standard InChI is InChI=1S/2C6H11NO2S3.Zn/c2*1-6(7-5(10)11)2-3-12(8,9)4-6;/h2*2-4H2,1H3,(H2,7,10,11);/q;;+2/p-2. The zero-order chi connectivity index (χ0) is 18.8. The van der Waals surface area contributed by atoms with Crippen molar-refractivity contribution in [3.05, 3.63) is 0 Å². The van der Waals surface area contributed by atoms with Crippen molar-refractivity contribution in [3.8, 4) is 0 Å². The van der Waals surface area contributed by atoms with Gasteiger partial charge in [0.1, 0.15) is 0 Å². The number of thiocarbonyl (C=S) groups is 2. The van der Waals surface area contributed by atoms with Crippen LogP contribution in [0.15, 0.2) is 0 Å². The topological polar surface area (TPSA) is 92.3 Å². The molecule has 2 aliphatic rings. The summed E-state index contributed by atoms with van der Waals surface area (Å²) < 4.78 is 44.9. The van der Waals surface area contributed by atoms with Gasteiger partial charge in [-0.15, -0.1) is 0 Å². The molecule has 0 bridgehead atoms. The number of hydrogen-bond acceptors (Lipinski definition) is 8. The minimum atomic E-state index is -2.87. The van der Waals surface area contributed by atoms with Gasteiger partial charge >= 0.3 is 19.5 Å². The predicted molar refractivity (Wildman–Crippen MR) is 110 cm³/mol. The first kappa shape index (κ1) is 25.7. The quantitative estimate of drug-likeness (QED) is 0.298. The molecule has 2 saturated heterocycles. The molecular weight excluding hydrogens is 494 g/mol. The van der Waals surface area contributed by atoms with E-state index in [4.69, 9.17) is 0 Å². The van der Waals surface area contributed by atoms with E-state index in [2.05, 4.69) is 60.3 Å². The summed E-state index contributed by atoms with van der Waals surface area (Å²) >= 11 is 18.8. The van der Waals surface area contributed by atoms with Crippen LogP contribution < -0.4 is 10.6 Å². The summed E-state index contributed by atoms with van der Waals surface area (Å²) in [6.45, 7) is 3.66. The van der Waals surface area contributed by atoms with E-state index < -0.39 is 30.8 Å². The van der Waals surface area contributed by atoms with Crippen molar-refractivity contribution in [2.75, 3.05) is 23.0 Å². The molecule has 0 amide bonds. The van der Waals surface area contributed by atoms with Crippen molar-refractivity contribution in [1.82, 2.24) is 10.6 Å². The summed E-state index contributed by atoms with van der Waals surface area (Å²) in [5.41, 5.74) is -0.866. The van der Waals surface area contributed by atoms with Gasteiger partial charge in [-0.25, -0.2) is 16.8 Å². The molecule has 25 heavy (non-hydrogen) atoms. The van der Waals surface area contributed by atoms with E-state index in [1.807, 2.05) is 13.8 Å². The summed E-state index contributed by atoms with van der Waals surface area (Å²) in [7, 11) is -5.74. The Labute approximate surface area is 184 Å². The molecule has 0 spiro atoms. The Balaban J connectivity index is 0.000000443. The molecule has 2 atom stereocenters. The fraction of sp³-hybridized carbons (Fsp3) is 0.833. The molecule has 2 unspecified atom stereocenters. The van der Waals surface area contributed by atoms with Crippen LogP contribution in [-0.2, 0) is 64.4 Å². The first-order chi connectivity index (χ1) is 10.7. The van der Waals surface area contributed by atoms with Gasteiger partial charge in [0, 0.05) is 11.1 Å². The monoisotopic (exact) mass is 512 g/mol. The van der Waals surface area contributed by atoms with Crippen LogP contribution >= 0.6 is 24.4 Å². The largest absolute Gasteiger partial charge is 2.00 e. The molecule has 2 rings (SSSR count). The van der Waals surface area contributed by atoms with Gasteiger partial charge < -0.3 is 60.3 Å². The van der Waals surface area contributed by atoms with Gasteiger partial charge in [-0.05, 0) is 26.7 Å². The van der Waals surface area contributed by atoms with Crippen LogP contribution in [0.2, 0.25) is 0 Å². The Morgan fingerprint density at radius 3 is 1.28 bits per heavy atom. The molecule has 6 nitrogen and oxygen atoms in total. The van der Waals surface area contributed by atoms with Crippen LogP contribution in [0.1, 0.15) is 26.7 Å².